The van der Waals surface area contributed by atoms with Crippen LogP contribution in [-0.2, 0) is 6.54 Å². The number of nitrogens with one attached hydrogen (secondary N) is 2. The molecule has 1 aromatic heterocycles. The van der Waals surface area contributed by atoms with Crippen LogP contribution in [0.2, 0.25) is 0 Å². The molecule has 0 saturated carbocycles. The molecule has 2 N–H and O–H groups in total. The van der Waals surface area contributed by atoms with Crippen molar-refractivity contribution in [2.45, 2.75) is 34.2 Å². The zero-order chi connectivity index (χ0) is 19.6. The lowest BCUT2D eigenvalue weighted by atomic mass is 10.1. The summed E-state index contributed by atoms with van der Waals surface area (Å²) < 4.78 is 15.2. The van der Waals surface area contributed by atoms with Gasteiger partial charge in [-0.3, -0.25) is 4.68 Å². The summed E-state index contributed by atoms with van der Waals surface area (Å²) >= 11 is 0. The Morgan fingerprint density at radius 3 is 2.59 bits per heavy atom. The maximum Gasteiger partial charge on any atom is 0.323 e. The normalized spacial score (nSPS) is 10.7. The molecular formula is C21H23FN4O. The number of aromatic nitrogens is 2. The van der Waals surface area contributed by atoms with Gasteiger partial charge in [0, 0.05) is 5.69 Å². The Kier molecular flexibility index (Phi) is 5.26. The zero-order valence-electron chi connectivity index (χ0n) is 15.9. The van der Waals surface area contributed by atoms with E-state index in [2.05, 4.69) is 15.7 Å². The summed E-state index contributed by atoms with van der Waals surface area (Å²) in [5, 5.41) is 10.2. The van der Waals surface area contributed by atoms with Crippen molar-refractivity contribution in [2.75, 3.05) is 10.6 Å². The first-order chi connectivity index (χ1) is 12.8. The molecule has 0 spiro atoms. The van der Waals surface area contributed by atoms with E-state index in [9.17, 15) is 9.18 Å². The van der Waals surface area contributed by atoms with Crippen molar-refractivity contribution in [1.82, 2.24) is 9.78 Å². The zero-order valence-corrected chi connectivity index (χ0v) is 15.9. The lowest BCUT2D eigenvalue weighted by Gasteiger charge is -2.11. The molecule has 0 aliphatic rings. The molecule has 0 atom stereocenters. The number of urea groups is 1. The van der Waals surface area contributed by atoms with Crippen LogP contribution < -0.4 is 10.6 Å². The highest BCUT2D eigenvalue weighted by molar-refractivity contribution is 6.01. The van der Waals surface area contributed by atoms with Crippen LogP contribution in [0.1, 0.15) is 28.1 Å². The SMILES string of the molecule is Cc1ccc(C)c(NC(=O)Nc2c(C)nn(Cc3cccc(F)c3)c2C)c1. The molecular weight excluding hydrogens is 343 g/mol. The summed E-state index contributed by atoms with van der Waals surface area (Å²) in [7, 11) is 0. The van der Waals surface area contributed by atoms with Crippen molar-refractivity contribution in [3.63, 3.8) is 0 Å². The number of hydrogen-bond donors (Lipinski definition) is 2. The molecule has 0 fully saturated rings. The summed E-state index contributed by atoms with van der Waals surface area (Å²) in [6.07, 6.45) is 0. The number of carbonyl (C=O) groups excluding carboxylic acids is 1. The quantitative estimate of drug-likeness (QED) is 0.686. The van der Waals surface area contributed by atoms with Gasteiger partial charge in [0.25, 0.3) is 0 Å². The second kappa shape index (κ2) is 7.61. The molecule has 2 amide bonds. The van der Waals surface area contributed by atoms with Crippen LogP contribution >= 0.6 is 0 Å². The predicted molar refractivity (Wildman–Crippen MR) is 106 cm³/mol. The van der Waals surface area contributed by atoms with E-state index in [-0.39, 0.29) is 11.8 Å². The van der Waals surface area contributed by atoms with Crippen molar-refractivity contribution in [3.8, 4) is 0 Å². The monoisotopic (exact) mass is 366 g/mol. The molecule has 3 rings (SSSR count). The number of rotatable bonds is 4. The third kappa shape index (κ3) is 4.34. The highest BCUT2D eigenvalue weighted by atomic mass is 19.1. The molecule has 5 nitrogen and oxygen atoms in total. The Bertz CT molecular complexity index is 994. The minimum atomic E-state index is -0.319. The molecule has 6 heteroatoms. The van der Waals surface area contributed by atoms with E-state index in [1.807, 2.05) is 52.0 Å². The van der Waals surface area contributed by atoms with E-state index < -0.39 is 0 Å². The van der Waals surface area contributed by atoms with Gasteiger partial charge in [-0.1, -0.05) is 24.3 Å². The van der Waals surface area contributed by atoms with Crippen LogP contribution in [0.5, 0.6) is 0 Å². The van der Waals surface area contributed by atoms with Crippen LogP contribution in [0.3, 0.4) is 0 Å². The fourth-order valence-electron chi connectivity index (χ4n) is 2.98. The van der Waals surface area contributed by atoms with Crippen LogP contribution in [0, 0.1) is 33.5 Å². The number of aryl methyl sites for hydroxylation is 3. The van der Waals surface area contributed by atoms with Gasteiger partial charge in [-0.2, -0.15) is 5.10 Å². The fraction of sp³-hybridized carbons (Fsp3) is 0.238. The average Bonchev–Trinajstić information content (AvgIpc) is 2.86. The van der Waals surface area contributed by atoms with Crippen molar-refractivity contribution in [1.29, 1.82) is 0 Å². The second-order valence-corrected chi connectivity index (χ2v) is 6.73. The highest BCUT2D eigenvalue weighted by Crippen LogP contribution is 2.22. The maximum atomic E-state index is 13.4. The van der Waals surface area contributed by atoms with E-state index in [1.54, 1.807) is 10.7 Å². The van der Waals surface area contributed by atoms with Gasteiger partial charge in [0.05, 0.1) is 23.6 Å². The van der Waals surface area contributed by atoms with E-state index >= 15 is 0 Å². The summed E-state index contributed by atoms with van der Waals surface area (Å²) in [6.45, 7) is 8.08. The van der Waals surface area contributed by atoms with E-state index in [4.69, 9.17) is 0 Å². The third-order valence-corrected chi connectivity index (χ3v) is 4.48. The third-order valence-electron chi connectivity index (χ3n) is 4.48. The predicted octanol–water partition coefficient (Wildman–Crippen LogP) is 4.95. The lowest BCUT2D eigenvalue weighted by molar-refractivity contribution is 0.262. The molecule has 0 radical (unpaired) electrons. The Hall–Kier alpha value is -3.15. The van der Waals surface area contributed by atoms with Crippen LogP contribution in [-0.4, -0.2) is 15.8 Å². The standard InChI is InChI=1S/C21H23FN4O/c1-13-8-9-14(2)19(10-13)23-21(27)24-20-15(3)25-26(16(20)4)12-17-6-5-7-18(22)11-17/h5-11H,12H2,1-4H3,(H2,23,24,27). The average molecular weight is 366 g/mol. The van der Waals surface area contributed by atoms with E-state index in [1.165, 1.54) is 12.1 Å². The number of benzene rings is 2. The van der Waals surface area contributed by atoms with Gasteiger partial charge >= 0.3 is 6.03 Å². The number of anilines is 2. The Morgan fingerprint density at radius 1 is 1.07 bits per heavy atom. The maximum absolute atomic E-state index is 13.4. The van der Waals surface area contributed by atoms with Crippen molar-refractivity contribution >= 4 is 17.4 Å². The Labute approximate surface area is 158 Å². The van der Waals surface area contributed by atoms with Gasteiger partial charge in [0.1, 0.15) is 5.82 Å². The van der Waals surface area contributed by atoms with Gasteiger partial charge in [-0.15, -0.1) is 0 Å². The Balaban J connectivity index is 1.76. The Morgan fingerprint density at radius 2 is 1.85 bits per heavy atom. The first kappa shape index (κ1) is 18.6. The van der Waals surface area contributed by atoms with Crippen molar-refractivity contribution in [2.24, 2.45) is 0 Å². The molecule has 0 bridgehead atoms. The van der Waals surface area contributed by atoms with Crippen LogP contribution in [0.15, 0.2) is 42.5 Å². The van der Waals surface area contributed by atoms with Crippen LogP contribution in [0.25, 0.3) is 0 Å². The molecule has 0 aliphatic carbocycles. The molecule has 0 unspecified atom stereocenters. The number of halogens is 1. The topological polar surface area (TPSA) is 59.0 Å². The highest BCUT2D eigenvalue weighted by Gasteiger charge is 2.15. The van der Waals surface area contributed by atoms with Crippen molar-refractivity contribution < 1.29 is 9.18 Å². The minimum Gasteiger partial charge on any atom is -0.307 e. The number of carbonyl (C=O) groups is 1. The number of amides is 2. The minimum absolute atomic E-state index is 0.278. The molecule has 0 aliphatic heterocycles. The summed E-state index contributed by atoms with van der Waals surface area (Å²) in [5.74, 6) is -0.278. The molecule has 27 heavy (non-hydrogen) atoms. The molecule has 140 valence electrons. The fourth-order valence-corrected chi connectivity index (χ4v) is 2.98. The summed E-state index contributed by atoms with van der Waals surface area (Å²) in [4.78, 5) is 12.5. The molecule has 1 heterocycles. The molecule has 3 aromatic rings. The number of nitrogens with zero attached hydrogens (tertiary/aromatic N) is 2. The summed E-state index contributed by atoms with van der Waals surface area (Å²) in [5.41, 5.74) is 5.83. The first-order valence-corrected chi connectivity index (χ1v) is 8.77. The lowest BCUT2D eigenvalue weighted by Crippen LogP contribution is -2.21. The number of hydrogen-bond acceptors (Lipinski definition) is 2. The van der Waals surface area contributed by atoms with Gasteiger partial charge in [-0.25, -0.2) is 9.18 Å². The smallest absolute Gasteiger partial charge is 0.307 e. The van der Waals surface area contributed by atoms with Crippen molar-refractivity contribution in [3.05, 3.63) is 76.4 Å². The second-order valence-electron chi connectivity index (χ2n) is 6.73. The molecule has 0 saturated heterocycles. The van der Waals surface area contributed by atoms with E-state index in [0.717, 1.165) is 28.1 Å². The van der Waals surface area contributed by atoms with Gasteiger partial charge in [0.2, 0.25) is 0 Å². The first-order valence-electron chi connectivity index (χ1n) is 8.77. The van der Waals surface area contributed by atoms with Gasteiger partial charge < -0.3 is 10.6 Å². The van der Waals surface area contributed by atoms with Gasteiger partial charge in [-0.05, 0) is 62.6 Å². The van der Waals surface area contributed by atoms with E-state index in [0.29, 0.717) is 17.9 Å². The van der Waals surface area contributed by atoms with Crippen LogP contribution in [0.4, 0.5) is 20.6 Å². The largest absolute Gasteiger partial charge is 0.323 e. The molecule has 2 aromatic carbocycles. The summed E-state index contributed by atoms with van der Waals surface area (Å²) in [6, 6.07) is 12.0. The van der Waals surface area contributed by atoms with Gasteiger partial charge in [0.15, 0.2) is 0 Å².